The lowest BCUT2D eigenvalue weighted by atomic mass is 9.86. The molecule has 3 rings (SSSR count). The van der Waals surface area contributed by atoms with Crippen LogP contribution in [-0.2, 0) is 15.5 Å². The third-order valence-corrected chi connectivity index (χ3v) is 5.76. The Morgan fingerprint density at radius 1 is 1.13 bits per heavy atom. The molecule has 0 saturated heterocycles. The molecule has 0 bridgehead atoms. The van der Waals surface area contributed by atoms with Crippen LogP contribution >= 0.6 is 12.0 Å². The minimum atomic E-state index is -0.256. The van der Waals surface area contributed by atoms with Crippen LogP contribution in [0.1, 0.15) is 49.9 Å². The Morgan fingerprint density at radius 2 is 1.87 bits per heavy atom. The Bertz CT molecular complexity index is 993. The van der Waals surface area contributed by atoms with Crippen LogP contribution in [0.25, 0.3) is 5.57 Å². The van der Waals surface area contributed by atoms with E-state index < -0.39 is 0 Å². The average Bonchev–Trinajstić information content (AvgIpc) is 2.89. The van der Waals surface area contributed by atoms with Crippen molar-refractivity contribution in [2.75, 3.05) is 12.9 Å². The highest BCUT2D eigenvalue weighted by molar-refractivity contribution is 7.94. The summed E-state index contributed by atoms with van der Waals surface area (Å²) in [5.74, 6) is 0.905. The Labute approximate surface area is 189 Å². The summed E-state index contributed by atoms with van der Waals surface area (Å²) in [5.41, 5.74) is 7.10. The van der Waals surface area contributed by atoms with Gasteiger partial charge in [-0.15, -0.1) is 0 Å². The molecule has 5 heteroatoms. The first-order chi connectivity index (χ1) is 15.0. The van der Waals surface area contributed by atoms with Gasteiger partial charge in [-0.2, -0.15) is 0 Å². The quantitative estimate of drug-likeness (QED) is 0.269. The van der Waals surface area contributed by atoms with Crippen LogP contribution in [0, 0.1) is 11.7 Å². The fraction of sp³-hybridized carbons (Fsp3) is 0.346. The van der Waals surface area contributed by atoms with Gasteiger partial charge in [0.05, 0.1) is 31.7 Å². The molecule has 1 aliphatic heterocycles. The first kappa shape index (κ1) is 23.3. The molecular weight excluding hydrogens is 409 g/mol. The van der Waals surface area contributed by atoms with Crippen molar-refractivity contribution < 1.29 is 13.3 Å². The van der Waals surface area contributed by atoms with Crippen molar-refractivity contribution in [1.29, 1.82) is 0 Å². The molecule has 2 aromatic carbocycles. The number of methoxy groups -OCH3 is 1. The van der Waals surface area contributed by atoms with Crippen LogP contribution in [0.15, 0.2) is 65.4 Å². The molecule has 0 spiro atoms. The van der Waals surface area contributed by atoms with Crippen LogP contribution in [0.4, 0.5) is 4.39 Å². The lowest BCUT2D eigenvalue weighted by Crippen LogP contribution is -2.18. The van der Waals surface area contributed by atoms with Gasteiger partial charge < -0.3 is 8.92 Å². The maximum Gasteiger partial charge on any atom is 0.123 e. The largest absolute Gasteiger partial charge is 0.504 e. The minimum absolute atomic E-state index is 0.0889. The fourth-order valence-electron chi connectivity index (χ4n) is 3.82. The predicted molar refractivity (Wildman–Crippen MR) is 129 cm³/mol. The highest BCUT2D eigenvalue weighted by atomic mass is 32.2. The van der Waals surface area contributed by atoms with E-state index in [9.17, 15) is 4.39 Å². The number of halogens is 1. The standard InChI is InChI=1S/C26H30FNO2S/c1-6-21-23-14-18(15-30-31-7-2)8-13-22(23)26(19-9-11-20(27)12-10-19)28-25(17(3)4)24(21)16-29-5/h6,8-14,16-17,25H,7,15H2,1-5H3/b21-6-,24-16+/t25-/m0/s1. The molecule has 0 saturated carbocycles. The zero-order chi connectivity index (χ0) is 22.4. The Kier molecular flexibility index (Phi) is 8.10. The number of fused-ring (bicyclic) bond motifs is 1. The van der Waals surface area contributed by atoms with Crippen molar-refractivity contribution in [3.63, 3.8) is 0 Å². The summed E-state index contributed by atoms with van der Waals surface area (Å²) in [5, 5.41) is 0. The zero-order valence-corrected chi connectivity index (χ0v) is 19.6. The SMILES string of the molecule is C/C=C1\C(=C/OC)[C@H](C(C)C)N=C(c2ccc(F)cc2)c2ccc(COSCC)cc21. The number of benzene rings is 2. The molecule has 0 unspecified atom stereocenters. The van der Waals surface area contributed by atoms with Crippen molar-refractivity contribution in [3.8, 4) is 0 Å². The van der Waals surface area contributed by atoms with E-state index in [0.717, 1.165) is 44.9 Å². The van der Waals surface area contributed by atoms with Gasteiger partial charge in [-0.1, -0.05) is 39.0 Å². The normalized spacial score (nSPS) is 18.8. The molecule has 164 valence electrons. The molecule has 0 radical (unpaired) electrons. The molecule has 2 aromatic rings. The summed E-state index contributed by atoms with van der Waals surface area (Å²) in [6.45, 7) is 8.95. The van der Waals surface area contributed by atoms with Crippen LogP contribution in [-0.4, -0.2) is 24.6 Å². The highest BCUT2D eigenvalue weighted by Gasteiger charge is 2.29. The van der Waals surface area contributed by atoms with Crippen molar-refractivity contribution >= 4 is 23.3 Å². The first-order valence-corrected chi connectivity index (χ1v) is 11.5. The lowest BCUT2D eigenvalue weighted by Gasteiger charge is -2.21. The van der Waals surface area contributed by atoms with E-state index in [4.69, 9.17) is 13.9 Å². The number of aliphatic imine (C=N–C) groups is 1. The Hall–Kier alpha value is -2.37. The number of hydrogen-bond donors (Lipinski definition) is 0. The summed E-state index contributed by atoms with van der Waals surface area (Å²) in [4.78, 5) is 5.19. The number of ether oxygens (including phenoxy) is 1. The second-order valence-electron chi connectivity index (χ2n) is 7.73. The summed E-state index contributed by atoms with van der Waals surface area (Å²) < 4.78 is 24.8. The molecule has 1 atom stereocenters. The lowest BCUT2D eigenvalue weighted by molar-refractivity contribution is 0.331. The van der Waals surface area contributed by atoms with Gasteiger partial charge in [0.1, 0.15) is 5.82 Å². The van der Waals surface area contributed by atoms with Crippen LogP contribution in [0.5, 0.6) is 0 Å². The molecule has 0 amide bonds. The van der Waals surface area contributed by atoms with Crippen LogP contribution in [0.3, 0.4) is 0 Å². The average molecular weight is 440 g/mol. The zero-order valence-electron chi connectivity index (χ0n) is 18.8. The van der Waals surface area contributed by atoms with Gasteiger partial charge in [-0.3, -0.25) is 4.99 Å². The Morgan fingerprint density at radius 3 is 2.48 bits per heavy atom. The predicted octanol–water partition coefficient (Wildman–Crippen LogP) is 6.82. The monoisotopic (exact) mass is 439 g/mol. The second-order valence-corrected chi connectivity index (χ2v) is 8.78. The van der Waals surface area contributed by atoms with Gasteiger partial charge in [0, 0.05) is 22.5 Å². The fourth-order valence-corrected chi connectivity index (χ4v) is 4.21. The van der Waals surface area contributed by atoms with Gasteiger partial charge >= 0.3 is 0 Å². The van der Waals surface area contributed by atoms with Gasteiger partial charge in [0.15, 0.2) is 0 Å². The number of nitrogens with zero attached hydrogens (tertiary/aromatic N) is 1. The maximum atomic E-state index is 13.6. The minimum Gasteiger partial charge on any atom is -0.504 e. The molecule has 0 fully saturated rings. The van der Waals surface area contributed by atoms with E-state index in [1.807, 2.05) is 6.92 Å². The topological polar surface area (TPSA) is 30.8 Å². The molecule has 31 heavy (non-hydrogen) atoms. The number of allylic oxidation sites excluding steroid dienone is 1. The summed E-state index contributed by atoms with van der Waals surface area (Å²) in [6.07, 6.45) is 3.92. The first-order valence-electron chi connectivity index (χ1n) is 10.6. The van der Waals surface area contributed by atoms with Crippen molar-refractivity contribution in [3.05, 3.63) is 88.4 Å². The molecule has 3 nitrogen and oxygen atoms in total. The summed E-state index contributed by atoms with van der Waals surface area (Å²) >= 11 is 1.46. The van der Waals surface area contributed by atoms with E-state index in [2.05, 4.69) is 45.0 Å². The second kappa shape index (κ2) is 10.8. The molecule has 1 aliphatic rings. The van der Waals surface area contributed by atoms with Crippen molar-refractivity contribution in [2.24, 2.45) is 10.9 Å². The third kappa shape index (κ3) is 5.28. The molecule has 0 aromatic heterocycles. The van der Waals surface area contributed by atoms with Gasteiger partial charge in [0.2, 0.25) is 0 Å². The van der Waals surface area contributed by atoms with Gasteiger partial charge in [-0.05, 0) is 71.9 Å². The van der Waals surface area contributed by atoms with Crippen LogP contribution in [0.2, 0.25) is 0 Å². The summed E-state index contributed by atoms with van der Waals surface area (Å²) in [6, 6.07) is 12.8. The smallest absolute Gasteiger partial charge is 0.123 e. The highest BCUT2D eigenvalue weighted by Crippen LogP contribution is 2.38. The number of hydrogen-bond acceptors (Lipinski definition) is 4. The molecule has 0 N–H and O–H groups in total. The Balaban J connectivity index is 2.24. The third-order valence-electron chi connectivity index (χ3n) is 5.24. The van der Waals surface area contributed by atoms with Crippen molar-refractivity contribution in [2.45, 2.75) is 40.3 Å². The van der Waals surface area contributed by atoms with E-state index >= 15 is 0 Å². The van der Waals surface area contributed by atoms with E-state index in [-0.39, 0.29) is 17.8 Å². The molecule has 1 heterocycles. The van der Waals surface area contributed by atoms with E-state index in [1.165, 1.54) is 24.2 Å². The van der Waals surface area contributed by atoms with Gasteiger partial charge in [0.25, 0.3) is 0 Å². The van der Waals surface area contributed by atoms with E-state index in [0.29, 0.717) is 6.61 Å². The summed E-state index contributed by atoms with van der Waals surface area (Å²) in [7, 11) is 1.67. The molecule has 0 aliphatic carbocycles. The maximum absolute atomic E-state index is 13.6. The van der Waals surface area contributed by atoms with Crippen LogP contribution < -0.4 is 0 Å². The molecular formula is C26H30FNO2S. The van der Waals surface area contributed by atoms with E-state index in [1.54, 1.807) is 25.5 Å². The van der Waals surface area contributed by atoms with Crippen molar-refractivity contribution in [1.82, 2.24) is 0 Å². The number of rotatable bonds is 7. The van der Waals surface area contributed by atoms with Gasteiger partial charge in [-0.25, -0.2) is 4.39 Å².